The van der Waals surface area contributed by atoms with E-state index < -0.39 is 0 Å². The third-order valence-electron chi connectivity index (χ3n) is 10.9. The van der Waals surface area contributed by atoms with Gasteiger partial charge in [0.2, 0.25) is 5.75 Å². The summed E-state index contributed by atoms with van der Waals surface area (Å²) in [5, 5.41) is 0. The van der Waals surface area contributed by atoms with E-state index in [0.717, 1.165) is 76.1 Å². The van der Waals surface area contributed by atoms with E-state index in [0.29, 0.717) is 28.7 Å². The first-order chi connectivity index (χ1) is 23.0. The maximum atomic E-state index is 6.86. The Morgan fingerprint density at radius 1 is 0.580 bits per heavy atom. The van der Waals surface area contributed by atoms with Gasteiger partial charge in [0.15, 0.2) is 34.5 Å². The molecule has 0 saturated heterocycles. The van der Waals surface area contributed by atoms with E-state index >= 15 is 0 Å². The zero-order valence-corrected chi connectivity index (χ0v) is 30.4. The molecule has 8 rings (SSSR count). The molecule has 6 bridgehead atoms. The monoisotopic (exact) mass is 686 g/mol. The SMILES string of the molecule is COc1ccc2cc1Oc1cc3c(cc1OC)CC[N+](C)(C)[C@H]3Cc1ccc(cc1)Oc1c(OC)c(OC)cc3c1[C@@H](C2)[N+](C)(C)CC3.[OH-].[OH-]. The summed E-state index contributed by atoms with van der Waals surface area (Å²) < 4.78 is 39.0. The summed E-state index contributed by atoms with van der Waals surface area (Å²) in [5.41, 5.74) is 7.34. The van der Waals surface area contributed by atoms with Gasteiger partial charge in [-0.25, -0.2) is 0 Å². The zero-order chi connectivity index (χ0) is 33.8. The van der Waals surface area contributed by atoms with Crippen molar-refractivity contribution in [2.24, 2.45) is 0 Å². The van der Waals surface area contributed by atoms with Gasteiger partial charge in [0.1, 0.15) is 17.8 Å². The molecule has 268 valence electrons. The van der Waals surface area contributed by atoms with Crippen LogP contribution in [-0.4, -0.2) is 89.6 Å². The molecule has 0 saturated carbocycles. The fraction of sp³-hybridized carbons (Fsp3) is 0.400. The number of likely N-dealkylation sites (N-methyl/N-ethyl adjacent to an activating group) is 2. The molecule has 0 fully saturated rings. The van der Waals surface area contributed by atoms with E-state index in [1.165, 1.54) is 22.3 Å². The standard InChI is InChI=1S/C40H48N2O6.2H2O/c1-41(2)17-15-27-22-34(44-6)36-24-30(27)31(41)19-25-9-12-29(13-10-25)47-40-38-28(23-37(45-7)39(40)46-8)16-18-42(3,4)32(38)20-26-11-14-33(43-5)35(21-26)48-36;;/h9-14,21-24,31-32H,15-20H2,1-8H3;2*1H2/q+2;;/p-2/t31-,32+;;/m0../s1. The van der Waals surface area contributed by atoms with Crippen molar-refractivity contribution in [3.63, 3.8) is 0 Å². The minimum atomic E-state index is 0. The molecule has 2 N–H and O–H groups in total. The summed E-state index contributed by atoms with van der Waals surface area (Å²) in [4.78, 5) is 0. The van der Waals surface area contributed by atoms with Gasteiger partial charge in [-0.1, -0.05) is 18.2 Å². The molecular weight excluding hydrogens is 636 g/mol. The predicted octanol–water partition coefficient (Wildman–Crippen LogP) is 7.10. The Bertz CT molecular complexity index is 1850. The van der Waals surface area contributed by atoms with Crippen molar-refractivity contribution in [1.29, 1.82) is 0 Å². The van der Waals surface area contributed by atoms with Gasteiger partial charge in [-0.15, -0.1) is 0 Å². The zero-order valence-electron chi connectivity index (χ0n) is 30.4. The van der Waals surface area contributed by atoms with Gasteiger partial charge in [-0.05, 0) is 64.7 Å². The van der Waals surface area contributed by atoms with Crippen LogP contribution in [0, 0.1) is 0 Å². The minimum Gasteiger partial charge on any atom is -0.870 e. The van der Waals surface area contributed by atoms with Crippen LogP contribution in [-0.2, 0) is 25.7 Å². The molecule has 0 unspecified atom stereocenters. The van der Waals surface area contributed by atoms with Crippen molar-refractivity contribution in [2.75, 3.05) is 69.7 Å². The highest BCUT2D eigenvalue weighted by Gasteiger charge is 2.41. The first-order valence-corrected chi connectivity index (χ1v) is 16.8. The second-order valence-corrected chi connectivity index (χ2v) is 14.5. The molecule has 0 aliphatic carbocycles. The number of quaternary nitrogens is 2. The van der Waals surface area contributed by atoms with Gasteiger partial charge in [0.05, 0.1) is 75.3 Å². The highest BCUT2D eigenvalue weighted by Crippen LogP contribution is 2.52. The Kier molecular flexibility index (Phi) is 10.3. The van der Waals surface area contributed by atoms with E-state index in [1.807, 2.05) is 6.07 Å². The largest absolute Gasteiger partial charge is 0.870 e. The summed E-state index contributed by atoms with van der Waals surface area (Å²) in [6.45, 7) is 2.01. The first-order valence-electron chi connectivity index (χ1n) is 16.8. The summed E-state index contributed by atoms with van der Waals surface area (Å²) in [6, 6.07) is 21.6. The number of nitrogens with zero attached hydrogens (tertiary/aromatic N) is 2. The van der Waals surface area contributed by atoms with Gasteiger partial charge in [-0.3, -0.25) is 0 Å². The summed E-state index contributed by atoms with van der Waals surface area (Å²) in [5.74, 6) is 5.54. The second-order valence-electron chi connectivity index (χ2n) is 14.5. The van der Waals surface area contributed by atoms with Crippen molar-refractivity contribution in [1.82, 2.24) is 0 Å². The Labute approximate surface area is 295 Å². The molecule has 4 aromatic carbocycles. The molecule has 2 atom stereocenters. The molecule has 10 nitrogen and oxygen atoms in total. The van der Waals surface area contributed by atoms with Crippen LogP contribution >= 0.6 is 0 Å². The smallest absolute Gasteiger partial charge is 0.204 e. The Balaban J connectivity index is 0.00000243. The molecule has 0 amide bonds. The van der Waals surface area contributed by atoms with Crippen LogP contribution in [0.25, 0.3) is 0 Å². The molecule has 0 spiro atoms. The van der Waals surface area contributed by atoms with Crippen LogP contribution in [0.15, 0.2) is 60.7 Å². The van der Waals surface area contributed by atoms with Crippen LogP contribution in [0.4, 0.5) is 0 Å². The summed E-state index contributed by atoms with van der Waals surface area (Å²) >= 11 is 0. The molecule has 4 aliphatic heterocycles. The molecular formula is C40H50N2O8. The lowest BCUT2D eigenvalue weighted by Crippen LogP contribution is -2.48. The molecule has 0 aromatic heterocycles. The van der Waals surface area contributed by atoms with Crippen molar-refractivity contribution in [3.05, 3.63) is 94.0 Å². The Morgan fingerprint density at radius 3 is 1.82 bits per heavy atom. The molecule has 4 aliphatic rings. The number of methoxy groups -OCH3 is 4. The van der Waals surface area contributed by atoms with Crippen molar-refractivity contribution >= 4 is 0 Å². The minimum absolute atomic E-state index is 0. The third-order valence-corrected chi connectivity index (χ3v) is 10.9. The average Bonchev–Trinajstić information content (AvgIpc) is 3.07. The van der Waals surface area contributed by atoms with Crippen molar-refractivity contribution < 1.29 is 48.3 Å². The fourth-order valence-corrected chi connectivity index (χ4v) is 7.95. The van der Waals surface area contributed by atoms with Gasteiger partial charge < -0.3 is 48.3 Å². The van der Waals surface area contributed by atoms with Gasteiger partial charge >= 0.3 is 0 Å². The van der Waals surface area contributed by atoms with Crippen LogP contribution in [0.2, 0.25) is 0 Å². The van der Waals surface area contributed by atoms with E-state index in [4.69, 9.17) is 28.4 Å². The Morgan fingerprint density at radius 2 is 1.16 bits per heavy atom. The highest BCUT2D eigenvalue weighted by molar-refractivity contribution is 5.62. The molecule has 10 heteroatoms. The number of rotatable bonds is 4. The molecule has 0 radical (unpaired) electrons. The van der Waals surface area contributed by atoms with Crippen LogP contribution < -0.4 is 28.4 Å². The number of benzene rings is 4. The maximum Gasteiger partial charge on any atom is 0.204 e. The van der Waals surface area contributed by atoms with Gasteiger partial charge in [0.25, 0.3) is 0 Å². The van der Waals surface area contributed by atoms with Crippen LogP contribution in [0.1, 0.15) is 45.5 Å². The number of hydrogen-bond donors (Lipinski definition) is 0. The molecule has 4 aromatic rings. The van der Waals surface area contributed by atoms with E-state index in [9.17, 15) is 0 Å². The summed E-state index contributed by atoms with van der Waals surface area (Å²) in [6.07, 6.45) is 3.50. The lowest BCUT2D eigenvalue weighted by atomic mass is 9.85. The van der Waals surface area contributed by atoms with Gasteiger partial charge in [0, 0.05) is 31.2 Å². The van der Waals surface area contributed by atoms with Crippen molar-refractivity contribution in [3.8, 4) is 46.0 Å². The Hall–Kier alpha value is -4.48. The predicted molar refractivity (Wildman–Crippen MR) is 190 cm³/mol. The fourth-order valence-electron chi connectivity index (χ4n) is 7.95. The quantitative estimate of drug-likeness (QED) is 0.209. The third kappa shape index (κ3) is 6.44. The molecule has 4 heterocycles. The molecule has 50 heavy (non-hydrogen) atoms. The van der Waals surface area contributed by atoms with E-state index in [1.54, 1.807) is 28.4 Å². The van der Waals surface area contributed by atoms with Crippen molar-refractivity contribution in [2.45, 2.75) is 37.8 Å². The normalized spacial score (nSPS) is 19.4. The summed E-state index contributed by atoms with van der Waals surface area (Å²) in [7, 11) is 16.0. The highest BCUT2D eigenvalue weighted by atomic mass is 16.5. The average molecular weight is 687 g/mol. The number of hydrogen-bond acceptors (Lipinski definition) is 8. The second kappa shape index (κ2) is 14.0. The van der Waals surface area contributed by atoms with Crippen LogP contribution in [0.5, 0.6) is 46.0 Å². The van der Waals surface area contributed by atoms with Gasteiger partial charge in [-0.2, -0.15) is 0 Å². The van der Waals surface area contributed by atoms with E-state index in [2.05, 4.69) is 82.8 Å². The lowest BCUT2D eigenvalue weighted by Gasteiger charge is -2.43. The first kappa shape index (κ1) is 36.8. The topological polar surface area (TPSA) is 115 Å². The van der Waals surface area contributed by atoms with E-state index in [-0.39, 0.29) is 23.0 Å². The maximum absolute atomic E-state index is 6.86. The number of ether oxygens (including phenoxy) is 6. The lowest BCUT2D eigenvalue weighted by molar-refractivity contribution is -0.923. The number of fused-ring (bicyclic) bond motifs is 2. The van der Waals surface area contributed by atoms with Crippen LogP contribution in [0.3, 0.4) is 0 Å².